The quantitative estimate of drug-likeness (QED) is 0.738. The summed E-state index contributed by atoms with van der Waals surface area (Å²) in [6.07, 6.45) is 1.38. The number of halogens is 2. The highest BCUT2D eigenvalue weighted by molar-refractivity contribution is 9.10. The van der Waals surface area contributed by atoms with E-state index >= 15 is 0 Å². The molecule has 0 radical (unpaired) electrons. The average molecular weight is 405 g/mol. The fourth-order valence-electron chi connectivity index (χ4n) is 2.17. The zero-order valence-electron chi connectivity index (χ0n) is 13.9. The summed E-state index contributed by atoms with van der Waals surface area (Å²) in [6, 6.07) is 11.4. The number of carbonyl (C=O) groups is 2. The molecule has 0 unspecified atom stereocenters. The number of benzene rings is 2. The summed E-state index contributed by atoms with van der Waals surface area (Å²) in [7, 11) is 0. The Labute approximate surface area is 154 Å². The van der Waals surface area contributed by atoms with Gasteiger partial charge in [0.15, 0.2) is 0 Å². The second kappa shape index (κ2) is 8.58. The lowest BCUT2D eigenvalue weighted by molar-refractivity contribution is -0.121. The van der Waals surface area contributed by atoms with Gasteiger partial charge in [-0.3, -0.25) is 9.59 Å². The highest BCUT2D eigenvalue weighted by Gasteiger charge is 2.07. The Morgan fingerprint density at radius 3 is 2.48 bits per heavy atom. The maximum Gasteiger partial charge on any atom is 0.244 e. The van der Waals surface area contributed by atoms with E-state index in [2.05, 4.69) is 26.6 Å². The Hall–Kier alpha value is -2.47. The number of rotatable bonds is 5. The molecular formula is C19H18BrFN2O2. The van der Waals surface area contributed by atoms with E-state index in [4.69, 9.17) is 0 Å². The predicted octanol–water partition coefficient (Wildman–Crippen LogP) is 4.05. The molecule has 0 atom stereocenters. The summed E-state index contributed by atoms with van der Waals surface area (Å²) in [5, 5.41) is 5.28. The van der Waals surface area contributed by atoms with Crippen LogP contribution >= 0.6 is 15.9 Å². The molecule has 0 heterocycles. The van der Waals surface area contributed by atoms with Crippen molar-refractivity contribution in [3.05, 3.63) is 70.0 Å². The molecule has 0 aliphatic heterocycles. The van der Waals surface area contributed by atoms with E-state index in [1.165, 1.54) is 18.2 Å². The molecule has 6 heteroatoms. The lowest BCUT2D eigenvalue weighted by Gasteiger charge is -2.09. The van der Waals surface area contributed by atoms with Crippen molar-refractivity contribution in [3.63, 3.8) is 0 Å². The molecule has 2 aromatic carbocycles. The van der Waals surface area contributed by atoms with Gasteiger partial charge in [-0.1, -0.05) is 28.1 Å². The molecule has 0 saturated heterocycles. The van der Waals surface area contributed by atoms with Gasteiger partial charge >= 0.3 is 0 Å². The SMILES string of the molecule is C/C(=C\C(=O)NCC(=O)Nc1ccc(Br)cc1C)c1ccc(F)cc1. The summed E-state index contributed by atoms with van der Waals surface area (Å²) >= 11 is 3.36. The monoisotopic (exact) mass is 404 g/mol. The molecule has 0 aromatic heterocycles. The van der Waals surface area contributed by atoms with Crippen molar-refractivity contribution in [2.75, 3.05) is 11.9 Å². The molecule has 130 valence electrons. The van der Waals surface area contributed by atoms with Crippen LogP contribution in [-0.4, -0.2) is 18.4 Å². The van der Waals surface area contributed by atoms with Crippen LogP contribution in [0.1, 0.15) is 18.1 Å². The largest absolute Gasteiger partial charge is 0.343 e. The van der Waals surface area contributed by atoms with Crippen LogP contribution in [0.2, 0.25) is 0 Å². The van der Waals surface area contributed by atoms with Crippen LogP contribution in [0.4, 0.5) is 10.1 Å². The first kappa shape index (κ1) is 18.9. The molecule has 0 bridgehead atoms. The van der Waals surface area contributed by atoms with Gasteiger partial charge in [-0.05, 0) is 60.9 Å². The summed E-state index contributed by atoms with van der Waals surface area (Å²) < 4.78 is 13.8. The summed E-state index contributed by atoms with van der Waals surface area (Å²) in [4.78, 5) is 23.9. The van der Waals surface area contributed by atoms with Crippen molar-refractivity contribution in [2.45, 2.75) is 13.8 Å². The summed E-state index contributed by atoms with van der Waals surface area (Å²) in [6.45, 7) is 3.49. The Balaban J connectivity index is 1.89. The third-order valence-electron chi connectivity index (χ3n) is 3.53. The highest BCUT2D eigenvalue weighted by Crippen LogP contribution is 2.19. The molecule has 0 saturated carbocycles. The second-order valence-corrected chi connectivity index (χ2v) is 6.48. The number of allylic oxidation sites excluding steroid dienone is 1. The summed E-state index contributed by atoms with van der Waals surface area (Å²) in [5.74, 6) is -1.03. The van der Waals surface area contributed by atoms with Gasteiger partial charge in [0.2, 0.25) is 11.8 Å². The number of carbonyl (C=O) groups excluding carboxylic acids is 2. The Morgan fingerprint density at radius 2 is 1.84 bits per heavy atom. The van der Waals surface area contributed by atoms with Crippen LogP contribution in [0.3, 0.4) is 0 Å². The van der Waals surface area contributed by atoms with Crippen LogP contribution in [0, 0.1) is 12.7 Å². The third-order valence-corrected chi connectivity index (χ3v) is 4.03. The van der Waals surface area contributed by atoms with Crippen LogP contribution < -0.4 is 10.6 Å². The van der Waals surface area contributed by atoms with E-state index in [0.717, 1.165) is 15.6 Å². The number of anilines is 1. The van der Waals surface area contributed by atoms with Crippen molar-refractivity contribution in [3.8, 4) is 0 Å². The Kier molecular flexibility index (Phi) is 6.47. The van der Waals surface area contributed by atoms with Crippen molar-refractivity contribution in [2.24, 2.45) is 0 Å². The smallest absolute Gasteiger partial charge is 0.244 e. The molecule has 0 spiro atoms. The standard InChI is InChI=1S/C19H18BrFN2O2/c1-12(14-3-6-16(21)7-4-14)10-18(24)22-11-19(25)23-17-8-5-15(20)9-13(17)2/h3-10H,11H2,1-2H3,(H,22,24)(H,23,25)/b12-10+. The zero-order valence-corrected chi connectivity index (χ0v) is 15.5. The molecular weight excluding hydrogens is 387 g/mol. The van der Waals surface area contributed by atoms with Gasteiger partial charge in [-0.15, -0.1) is 0 Å². The van der Waals surface area contributed by atoms with Crippen molar-refractivity contribution < 1.29 is 14.0 Å². The van der Waals surface area contributed by atoms with Gasteiger partial charge in [0.05, 0.1) is 6.54 Å². The number of hydrogen-bond acceptors (Lipinski definition) is 2. The number of hydrogen-bond donors (Lipinski definition) is 2. The van der Waals surface area contributed by atoms with E-state index in [0.29, 0.717) is 11.3 Å². The van der Waals surface area contributed by atoms with Crippen LogP contribution in [-0.2, 0) is 9.59 Å². The van der Waals surface area contributed by atoms with Crippen LogP contribution in [0.25, 0.3) is 5.57 Å². The molecule has 2 N–H and O–H groups in total. The van der Waals surface area contributed by atoms with E-state index in [9.17, 15) is 14.0 Å². The second-order valence-electron chi connectivity index (χ2n) is 5.56. The molecule has 0 fully saturated rings. The average Bonchev–Trinajstić information content (AvgIpc) is 2.56. The molecule has 25 heavy (non-hydrogen) atoms. The number of amides is 2. The highest BCUT2D eigenvalue weighted by atomic mass is 79.9. The first-order valence-corrected chi connectivity index (χ1v) is 8.42. The molecule has 0 aliphatic carbocycles. The van der Waals surface area contributed by atoms with E-state index in [-0.39, 0.29) is 24.2 Å². The van der Waals surface area contributed by atoms with Gasteiger partial charge in [-0.2, -0.15) is 0 Å². The van der Waals surface area contributed by atoms with Gasteiger partial charge in [-0.25, -0.2) is 4.39 Å². The van der Waals surface area contributed by atoms with Gasteiger partial charge in [0.25, 0.3) is 0 Å². The fourth-order valence-corrected chi connectivity index (χ4v) is 2.65. The molecule has 2 aromatic rings. The molecule has 2 amide bonds. The Bertz CT molecular complexity index is 817. The normalized spacial score (nSPS) is 11.1. The zero-order chi connectivity index (χ0) is 18.4. The molecule has 2 rings (SSSR count). The topological polar surface area (TPSA) is 58.2 Å². The predicted molar refractivity (Wildman–Crippen MR) is 101 cm³/mol. The van der Waals surface area contributed by atoms with E-state index < -0.39 is 0 Å². The fraction of sp³-hybridized carbons (Fsp3) is 0.158. The lowest BCUT2D eigenvalue weighted by atomic mass is 10.1. The molecule has 0 aliphatic rings. The van der Waals surface area contributed by atoms with Gasteiger partial charge < -0.3 is 10.6 Å². The van der Waals surface area contributed by atoms with E-state index in [1.54, 1.807) is 25.1 Å². The third kappa shape index (κ3) is 5.83. The molecule has 4 nitrogen and oxygen atoms in total. The maximum atomic E-state index is 12.9. The minimum atomic E-state index is -0.385. The van der Waals surface area contributed by atoms with Gasteiger partial charge in [0, 0.05) is 16.2 Å². The number of nitrogens with one attached hydrogen (secondary N) is 2. The Morgan fingerprint density at radius 1 is 1.16 bits per heavy atom. The van der Waals surface area contributed by atoms with Crippen molar-refractivity contribution in [1.82, 2.24) is 5.32 Å². The number of aryl methyl sites for hydroxylation is 1. The first-order chi connectivity index (χ1) is 11.8. The van der Waals surface area contributed by atoms with Crippen LogP contribution in [0.5, 0.6) is 0 Å². The maximum absolute atomic E-state index is 12.9. The van der Waals surface area contributed by atoms with Gasteiger partial charge in [0.1, 0.15) is 5.82 Å². The summed E-state index contributed by atoms with van der Waals surface area (Å²) in [5.41, 5.74) is 3.04. The van der Waals surface area contributed by atoms with Crippen molar-refractivity contribution >= 4 is 39.0 Å². The lowest BCUT2D eigenvalue weighted by Crippen LogP contribution is -2.32. The van der Waals surface area contributed by atoms with E-state index in [1.807, 2.05) is 19.1 Å². The first-order valence-electron chi connectivity index (χ1n) is 7.63. The minimum Gasteiger partial charge on any atom is -0.343 e. The van der Waals surface area contributed by atoms with Crippen LogP contribution in [0.15, 0.2) is 53.0 Å². The van der Waals surface area contributed by atoms with Crippen molar-refractivity contribution in [1.29, 1.82) is 0 Å². The minimum absolute atomic E-state index is 0.137.